The molecule has 0 aliphatic rings. The number of aryl methyl sites for hydroxylation is 2. The van der Waals surface area contributed by atoms with Crippen molar-refractivity contribution >= 4 is 0 Å². The van der Waals surface area contributed by atoms with Gasteiger partial charge < -0.3 is 0 Å². The quantitative estimate of drug-likeness (QED) is 0.242. The van der Waals surface area contributed by atoms with Crippen LogP contribution in [0.3, 0.4) is 0 Å². The van der Waals surface area contributed by atoms with Crippen LogP contribution in [0.15, 0.2) is 12.4 Å². The van der Waals surface area contributed by atoms with E-state index in [2.05, 4.69) is 42.3 Å². The molecule has 140 valence electrons. The molecule has 0 radical (unpaired) electrons. The van der Waals surface area contributed by atoms with E-state index in [9.17, 15) is 0 Å². The molecule has 0 atom stereocenters. The molecule has 1 aromatic heterocycles. The van der Waals surface area contributed by atoms with Gasteiger partial charge in [-0.25, -0.2) is 9.13 Å². The van der Waals surface area contributed by atoms with Gasteiger partial charge in [-0.05, 0) is 32.1 Å². The zero-order chi connectivity index (χ0) is 17.5. The summed E-state index contributed by atoms with van der Waals surface area (Å²) in [5, 5.41) is 0. The van der Waals surface area contributed by atoms with E-state index >= 15 is 0 Å². The Balaban J connectivity index is 2.33. The van der Waals surface area contributed by atoms with E-state index in [1.165, 1.54) is 103 Å². The van der Waals surface area contributed by atoms with Gasteiger partial charge in [0.15, 0.2) is 0 Å². The van der Waals surface area contributed by atoms with Gasteiger partial charge in [0.1, 0.15) is 12.4 Å². The third-order valence-electron chi connectivity index (χ3n) is 5.07. The molecule has 2 nitrogen and oxygen atoms in total. The van der Waals surface area contributed by atoms with Crippen LogP contribution in [0.2, 0.25) is 0 Å². The summed E-state index contributed by atoms with van der Waals surface area (Å²) in [5.74, 6) is 1.56. The Morgan fingerprint density at radius 3 is 1.92 bits per heavy atom. The minimum absolute atomic E-state index is 1.21. The molecular formula is C22H43N2+. The molecule has 2 heteroatoms. The van der Waals surface area contributed by atoms with E-state index in [1.54, 1.807) is 5.82 Å². The Kier molecular flexibility index (Phi) is 12.9. The number of aromatic nitrogens is 2. The standard InChI is InChI=1S/C22H43N2/c1-4-7-9-11-13-15-18-23-20-21-24(22(23)17-6-3)19-16-14-12-10-8-5-2/h20-21H,4-19H2,1-3H3/q+1. The predicted octanol–water partition coefficient (Wildman–Crippen LogP) is 6.45. The number of rotatable bonds is 16. The summed E-state index contributed by atoms with van der Waals surface area (Å²) in [4.78, 5) is 0. The van der Waals surface area contributed by atoms with E-state index in [-0.39, 0.29) is 0 Å². The molecule has 0 amide bonds. The van der Waals surface area contributed by atoms with Crippen molar-refractivity contribution in [3.05, 3.63) is 18.2 Å². The molecule has 1 rings (SSSR count). The van der Waals surface area contributed by atoms with Crippen LogP contribution in [0, 0.1) is 0 Å². The molecule has 0 unspecified atom stereocenters. The van der Waals surface area contributed by atoms with Crippen molar-refractivity contribution in [2.75, 3.05) is 0 Å². The molecule has 0 saturated carbocycles. The maximum absolute atomic E-state index is 2.53. The molecule has 0 N–H and O–H groups in total. The highest BCUT2D eigenvalue weighted by atomic mass is 15.1. The SMILES string of the molecule is CCCCCCCCn1cc[n+](CCCCCCCC)c1CCC. The fourth-order valence-corrected chi connectivity index (χ4v) is 3.54. The average molecular weight is 336 g/mol. The van der Waals surface area contributed by atoms with Gasteiger partial charge >= 0.3 is 0 Å². The van der Waals surface area contributed by atoms with E-state index in [4.69, 9.17) is 0 Å². The maximum Gasteiger partial charge on any atom is 0.256 e. The summed E-state index contributed by atoms with van der Waals surface area (Å²) in [6.45, 7) is 9.31. The number of nitrogens with zero attached hydrogens (tertiary/aromatic N) is 2. The highest BCUT2D eigenvalue weighted by Crippen LogP contribution is 2.09. The molecule has 1 heterocycles. The van der Waals surface area contributed by atoms with E-state index < -0.39 is 0 Å². The number of hydrogen-bond acceptors (Lipinski definition) is 0. The van der Waals surface area contributed by atoms with Crippen molar-refractivity contribution in [2.45, 2.75) is 124 Å². The van der Waals surface area contributed by atoms with Crippen LogP contribution in [0.1, 0.15) is 110 Å². The Morgan fingerprint density at radius 2 is 1.29 bits per heavy atom. The lowest BCUT2D eigenvalue weighted by Crippen LogP contribution is -2.37. The molecule has 1 aromatic rings. The second-order valence-electron chi connectivity index (χ2n) is 7.39. The largest absolute Gasteiger partial charge is 0.256 e. The molecule has 0 aliphatic carbocycles. The molecule has 0 bridgehead atoms. The summed E-state index contributed by atoms with van der Waals surface area (Å²) in [5.41, 5.74) is 0. The van der Waals surface area contributed by atoms with Gasteiger partial charge in [-0.2, -0.15) is 0 Å². The van der Waals surface area contributed by atoms with Crippen molar-refractivity contribution in [1.29, 1.82) is 0 Å². The van der Waals surface area contributed by atoms with Crippen LogP contribution < -0.4 is 4.57 Å². The van der Waals surface area contributed by atoms with Gasteiger partial charge in [0, 0.05) is 6.42 Å². The van der Waals surface area contributed by atoms with Crippen LogP contribution >= 0.6 is 0 Å². The van der Waals surface area contributed by atoms with Gasteiger partial charge in [-0.3, -0.25) is 0 Å². The molecule has 0 aliphatic heterocycles. The first-order valence-electron chi connectivity index (χ1n) is 10.9. The van der Waals surface area contributed by atoms with Crippen LogP contribution in [-0.4, -0.2) is 4.57 Å². The average Bonchev–Trinajstić information content (AvgIpc) is 2.96. The van der Waals surface area contributed by atoms with Crippen LogP contribution in [-0.2, 0) is 19.5 Å². The van der Waals surface area contributed by atoms with Crippen molar-refractivity contribution in [2.24, 2.45) is 0 Å². The van der Waals surface area contributed by atoms with E-state index in [0.29, 0.717) is 0 Å². The summed E-state index contributed by atoms with van der Waals surface area (Å²) in [6.07, 6.45) is 23.7. The second kappa shape index (κ2) is 14.5. The fourth-order valence-electron chi connectivity index (χ4n) is 3.54. The summed E-state index contributed by atoms with van der Waals surface area (Å²) < 4.78 is 5.06. The number of hydrogen-bond donors (Lipinski definition) is 0. The van der Waals surface area contributed by atoms with Crippen LogP contribution in [0.4, 0.5) is 0 Å². The first kappa shape index (κ1) is 21.3. The number of imidazole rings is 1. The first-order chi connectivity index (χ1) is 11.8. The predicted molar refractivity (Wildman–Crippen MR) is 105 cm³/mol. The zero-order valence-corrected chi connectivity index (χ0v) is 16.9. The minimum atomic E-state index is 1.21. The van der Waals surface area contributed by atoms with Crippen LogP contribution in [0.5, 0.6) is 0 Å². The van der Waals surface area contributed by atoms with Gasteiger partial charge in [-0.15, -0.1) is 0 Å². The Morgan fingerprint density at radius 1 is 0.708 bits per heavy atom. The van der Waals surface area contributed by atoms with Crippen molar-refractivity contribution < 1.29 is 4.57 Å². The van der Waals surface area contributed by atoms with Crippen molar-refractivity contribution in [1.82, 2.24) is 4.57 Å². The highest BCUT2D eigenvalue weighted by molar-refractivity contribution is 4.84. The second-order valence-corrected chi connectivity index (χ2v) is 7.39. The normalized spacial score (nSPS) is 11.3. The lowest BCUT2D eigenvalue weighted by Gasteiger charge is -2.05. The molecule has 0 saturated heterocycles. The van der Waals surface area contributed by atoms with E-state index in [0.717, 1.165) is 0 Å². The summed E-state index contributed by atoms with van der Waals surface area (Å²) in [6, 6.07) is 0. The first-order valence-corrected chi connectivity index (χ1v) is 10.9. The molecule has 0 aromatic carbocycles. The smallest absolute Gasteiger partial charge is 0.234 e. The van der Waals surface area contributed by atoms with Gasteiger partial charge in [-0.1, -0.05) is 72.1 Å². The summed E-state index contributed by atoms with van der Waals surface area (Å²) >= 11 is 0. The minimum Gasteiger partial charge on any atom is -0.234 e. The third-order valence-corrected chi connectivity index (χ3v) is 5.07. The van der Waals surface area contributed by atoms with E-state index in [1.807, 2.05) is 0 Å². The highest BCUT2D eigenvalue weighted by Gasteiger charge is 2.15. The number of unbranched alkanes of at least 4 members (excludes halogenated alkanes) is 10. The lowest BCUT2D eigenvalue weighted by atomic mass is 10.1. The van der Waals surface area contributed by atoms with Crippen molar-refractivity contribution in [3.8, 4) is 0 Å². The summed E-state index contributed by atoms with van der Waals surface area (Å²) in [7, 11) is 0. The Bertz CT molecular complexity index is 361. The van der Waals surface area contributed by atoms with Gasteiger partial charge in [0.05, 0.1) is 13.1 Å². The molecule has 0 fully saturated rings. The third kappa shape index (κ3) is 8.89. The van der Waals surface area contributed by atoms with Gasteiger partial charge in [0.25, 0.3) is 5.82 Å². The molecule has 24 heavy (non-hydrogen) atoms. The zero-order valence-electron chi connectivity index (χ0n) is 16.9. The Hall–Kier alpha value is -0.790. The van der Waals surface area contributed by atoms with Gasteiger partial charge in [0.2, 0.25) is 0 Å². The topological polar surface area (TPSA) is 8.81 Å². The fraction of sp³-hybridized carbons (Fsp3) is 0.864. The van der Waals surface area contributed by atoms with Crippen LogP contribution in [0.25, 0.3) is 0 Å². The monoisotopic (exact) mass is 335 g/mol. The lowest BCUT2D eigenvalue weighted by molar-refractivity contribution is -0.704. The molecular weight excluding hydrogens is 292 g/mol. The van der Waals surface area contributed by atoms with Crippen molar-refractivity contribution in [3.63, 3.8) is 0 Å². The Labute approximate surface area is 151 Å². The molecule has 0 spiro atoms. The maximum atomic E-state index is 2.53.